The number of imidazole rings is 1. The number of carbonyl (C=O) groups excluding carboxylic acids is 2. The van der Waals surface area contributed by atoms with E-state index in [1.165, 1.54) is 18.7 Å². The van der Waals surface area contributed by atoms with Gasteiger partial charge in [0.05, 0.1) is 5.25 Å². The van der Waals surface area contributed by atoms with E-state index in [1.54, 1.807) is 6.20 Å². The topological polar surface area (TPSA) is 79.3 Å². The van der Waals surface area contributed by atoms with Crippen molar-refractivity contribution in [2.24, 2.45) is 7.05 Å². The molecule has 2 aromatic rings. The Morgan fingerprint density at radius 1 is 1.32 bits per heavy atom. The second-order valence-electron chi connectivity index (χ2n) is 6.61. The van der Waals surface area contributed by atoms with Crippen LogP contribution in [0.2, 0.25) is 0 Å². The highest BCUT2D eigenvalue weighted by Crippen LogP contribution is 2.29. The molecule has 0 spiro atoms. The minimum Gasteiger partial charge on any atom is -0.336 e. The molecule has 1 fully saturated rings. The molecule has 2 amide bonds. The van der Waals surface area contributed by atoms with E-state index in [0.29, 0.717) is 13.1 Å². The Morgan fingerprint density at radius 3 is 2.64 bits per heavy atom. The molecule has 1 aromatic carbocycles. The average Bonchev–Trinajstić information content (AvgIpc) is 3.08. The highest BCUT2D eigenvalue weighted by molar-refractivity contribution is 8.00. The van der Waals surface area contributed by atoms with Gasteiger partial charge >= 0.3 is 0 Å². The Balaban J connectivity index is 0.00000280. The molecule has 2 N–H and O–H groups in total. The van der Waals surface area contributed by atoms with Gasteiger partial charge in [-0.25, -0.2) is 4.98 Å². The fourth-order valence-corrected chi connectivity index (χ4v) is 4.14. The molecule has 0 saturated carbocycles. The second-order valence-corrected chi connectivity index (χ2v) is 8.03. The molecule has 0 bridgehead atoms. The van der Waals surface area contributed by atoms with Crippen molar-refractivity contribution in [1.82, 2.24) is 19.8 Å². The van der Waals surface area contributed by atoms with Crippen LogP contribution < -0.4 is 10.6 Å². The van der Waals surface area contributed by atoms with E-state index >= 15 is 0 Å². The van der Waals surface area contributed by atoms with Gasteiger partial charge in [-0.3, -0.25) is 9.59 Å². The minimum absolute atomic E-state index is 0. The fraction of sp³-hybridized carbons (Fsp3) is 0.421. The van der Waals surface area contributed by atoms with Gasteiger partial charge in [-0.1, -0.05) is 0 Å². The molecule has 1 aromatic heterocycles. The van der Waals surface area contributed by atoms with Crippen LogP contribution in [0.4, 0.5) is 5.69 Å². The van der Waals surface area contributed by atoms with Gasteiger partial charge in [0.25, 0.3) is 0 Å². The molecular weight excluding hydrogens is 398 g/mol. The third kappa shape index (κ3) is 5.27. The number of benzene rings is 1. The Hall–Kier alpha value is -2.03. The third-order valence-corrected chi connectivity index (χ3v) is 5.62. The van der Waals surface area contributed by atoms with Crippen molar-refractivity contribution in [2.75, 3.05) is 25.0 Å². The lowest BCUT2D eigenvalue weighted by Crippen LogP contribution is -2.51. The number of nitrogens with zero attached hydrogens (tertiary/aromatic N) is 3. The maximum absolute atomic E-state index is 13.1. The smallest absolute Gasteiger partial charge is 0.236 e. The first kappa shape index (κ1) is 22.3. The molecule has 1 aliphatic rings. The van der Waals surface area contributed by atoms with Gasteiger partial charge in [0.2, 0.25) is 11.8 Å². The van der Waals surface area contributed by atoms with Crippen LogP contribution in [0.3, 0.4) is 0 Å². The van der Waals surface area contributed by atoms with E-state index in [4.69, 9.17) is 0 Å². The molecule has 1 aliphatic heterocycles. The van der Waals surface area contributed by atoms with Gasteiger partial charge < -0.3 is 20.1 Å². The lowest BCUT2D eigenvalue weighted by atomic mass is 10.1. The first-order valence-electron chi connectivity index (χ1n) is 8.98. The highest BCUT2D eigenvalue weighted by Gasteiger charge is 2.33. The summed E-state index contributed by atoms with van der Waals surface area (Å²) >= 11 is 1.52. The molecule has 7 nitrogen and oxygen atoms in total. The first-order chi connectivity index (χ1) is 13.0. The van der Waals surface area contributed by atoms with Crippen molar-refractivity contribution in [1.29, 1.82) is 0 Å². The van der Waals surface area contributed by atoms with Gasteiger partial charge in [0, 0.05) is 56.6 Å². The number of aryl methyl sites for hydroxylation is 1. The number of carbonyl (C=O) groups is 2. The number of thioether (sulfide) groups is 1. The van der Waals surface area contributed by atoms with Crippen molar-refractivity contribution in [3.63, 3.8) is 0 Å². The predicted molar refractivity (Wildman–Crippen MR) is 114 cm³/mol. The molecule has 152 valence electrons. The van der Waals surface area contributed by atoms with Crippen molar-refractivity contribution in [3.05, 3.63) is 42.5 Å². The maximum Gasteiger partial charge on any atom is 0.236 e. The molecule has 0 aliphatic carbocycles. The van der Waals surface area contributed by atoms with Crippen LogP contribution in [0.1, 0.15) is 25.7 Å². The lowest BCUT2D eigenvalue weighted by Gasteiger charge is -2.37. The molecule has 3 rings (SSSR count). The van der Waals surface area contributed by atoms with Gasteiger partial charge in [0.1, 0.15) is 11.9 Å². The summed E-state index contributed by atoms with van der Waals surface area (Å²) in [6, 6.07) is 7.49. The third-order valence-electron chi connectivity index (χ3n) is 4.52. The Labute approximate surface area is 175 Å². The summed E-state index contributed by atoms with van der Waals surface area (Å²) in [5.41, 5.74) is 0.753. The molecule has 2 heterocycles. The number of rotatable bonds is 5. The van der Waals surface area contributed by atoms with Crippen LogP contribution in [0.15, 0.2) is 41.6 Å². The van der Waals surface area contributed by atoms with Crippen molar-refractivity contribution in [3.8, 4) is 0 Å². The van der Waals surface area contributed by atoms with E-state index in [1.807, 2.05) is 53.9 Å². The van der Waals surface area contributed by atoms with Crippen LogP contribution >= 0.6 is 24.2 Å². The summed E-state index contributed by atoms with van der Waals surface area (Å²) in [6.07, 6.45) is 3.67. The summed E-state index contributed by atoms with van der Waals surface area (Å²) in [4.78, 5) is 31.6. The summed E-state index contributed by atoms with van der Waals surface area (Å²) in [5.74, 6) is 0.908. The van der Waals surface area contributed by atoms with Crippen LogP contribution in [0.5, 0.6) is 0 Å². The fourth-order valence-electron chi connectivity index (χ4n) is 3.21. The van der Waals surface area contributed by atoms with E-state index in [-0.39, 0.29) is 35.5 Å². The number of halogens is 1. The number of aromatic nitrogens is 2. The zero-order chi connectivity index (χ0) is 19.4. The largest absolute Gasteiger partial charge is 0.336 e. The summed E-state index contributed by atoms with van der Waals surface area (Å²) < 4.78 is 1.97. The molecular formula is C19H26ClN5O2S. The van der Waals surface area contributed by atoms with Crippen LogP contribution in [0, 0.1) is 0 Å². The van der Waals surface area contributed by atoms with E-state index in [0.717, 1.165) is 23.0 Å². The highest BCUT2D eigenvalue weighted by atomic mass is 35.5. The number of nitrogens with one attached hydrogen (secondary N) is 2. The van der Waals surface area contributed by atoms with Crippen LogP contribution in [-0.4, -0.2) is 51.1 Å². The minimum atomic E-state index is -0.211. The Bertz CT molecular complexity index is 811. The van der Waals surface area contributed by atoms with Gasteiger partial charge in [-0.2, -0.15) is 0 Å². The van der Waals surface area contributed by atoms with E-state index in [2.05, 4.69) is 15.6 Å². The number of hydrogen-bond donors (Lipinski definition) is 2. The van der Waals surface area contributed by atoms with Crippen molar-refractivity contribution in [2.45, 2.75) is 30.0 Å². The normalized spacial score (nSPS) is 17.5. The second kappa shape index (κ2) is 9.95. The van der Waals surface area contributed by atoms with Crippen molar-refractivity contribution >= 4 is 41.7 Å². The lowest BCUT2D eigenvalue weighted by molar-refractivity contribution is -0.133. The Morgan fingerprint density at radius 2 is 2.04 bits per heavy atom. The Kier molecular flexibility index (Phi) is 7.91. The number of piperazine rings is 1. The quantitative estimate of drug-likeness (QED) is 0.722. The van der Waals surface area contributed by atoms with E-state index < -0.39 is 0 Å². The maximum atomic E-state index is 13.1. The summed E-state index contributed by atoms with van der Waals surface area (Å²) in [7, 11) is 1.95. The van der Waals surface area contributed by atoms with Gasteiger partial charge in [-0.15, -0.1) is 24.2 Å². The molecule has 9 heteroatoms. The standard InChI is InChI=1S/C19H25N5O2S.ClH/c1-13(27-16-6-4-15(5-7-16)22-14(2)25)19(26)24-11-8-20-12-17(24)18-21-9-10-23(18)3;/h4-7,9-10,13,17,20H,8,11-12H2,1-3H3,(H,22,25);1H. The molecule has 2 unspecified atom stereocenters. The van der Waals surface area contributed by atoms with Crippen LogP contribution in [-0.2, 0) is 16.6 Å². The number of anilines is 1. The number of hydrogen-bond acceptors (Lipinski definition) is 5. The predicted octanol–water partition coefficient (Wildman–Crippen LogP) is 2.45. The molecule has 28 heavy (non-hydrogen) atoms. The SMILES string of the molecule is CC(=O)Nc1ccc(SC(C)C(=O)N2CCNCC2c2nccn2C)cc1.Cl. The first-order valence-corrected chi connectivity index (χ1v) is 9.86. The van der Waals surface area contributed by atoms with E-state index in [9.17, 15) is 9.59 Å². The van der Waals surface area contributed by atoms with Gasteiger partial charge in [-0.05, 0) is 31.2 Å². The van der Waals surface area contributed by atoms with Gasteiger partial charge in [0.15, 0.2) is 0 Å². The van der Waals surface area contributed by atoms with Crippen molar-refractivity contribution < 1.29 is 9.59 Å². The zero-order valence-corrected chi connectivity index (χ0v) is 17.8. The van der Waals surface area contributed by atoms with Crippen LogP contribution in [0.25, 0.3) is 0 Å². The average molecular weight is 424 g/mol. The number of amides is 2. The zero-order valence-electron chi connectivity index (χ0n) is 16.2. The molecule has 1 saturated heterocycles. The summed E-state index contributed by atoms with van der Waals surface area (Å²) in [6.45, 7) is 5.58. The molecule has 0 radical (unpaired) electrons. The summed E-state index contributed by atoms with van der Waals surface area (Å²) in [5, 5.41) is 5.89. The molecule has 2 atom stereocenters. The monoisotopic (exact) mass is 423 g/mol.